The fourth-order valence-electron chi connectivity index (χ4n) is 3.89. The summed E-state index contributed by atoms with van der Waals surface area (Å²) in [5.74, 6) is 0.102. The third-order valence-corrected chi connectivity index (χ3v) is 7.58. The molecule has 0 radical (unpaired) electrons. The molecule has 1 aromatic heterocycles. The van der Waals surface area contributed by atoms with E-state index in [4.69, 9.17) is 9.15 Å². The van der Waals surface area contributed by atoms with Crippen LogP contribution in [0.4, 0.5) is 11.4 Å². The Morgan fingerprint density at radius 1 is 1.12 bits per heavy atom. The van der Waals surface area contributed by atoms with Crippen LogP contribution in [0, 0.1) is 10.1 Å². The second-order valence-corrected chi connectivity index (χ2v) is 9.55. The molecule has 3 heterocycles. The Morgan fingerprint density at radius 3 is 2.47 bits per heavy atom. The Hall–Kier alpha value is -2.96. The van der Waals surface area contributed by atoms with Gasteiger partial charge in [-0.25, -0.2) is 8.42 Å². The minimum atomic E-state index is -3.94. The molecule has 11 nitrogen and oxygen atoms in total. The number of amides is 1. The van der Waals surface area contributed by atoms with Gasteiger partial charge in [0.15, 0.2) is 5.76 Å². The van der Waals surface area contributed by atoms with Crippen LogP contribution in [0.15, 0.2) is 45.9 Å². The standard InChI is InChI=1S/C20H24N4O7S/c25-20(18-2-1-11-31-18)22-7-5-15(6-8-22)21-17-4-3-16(24(26)27)14-19(17)32(28,29)23-9-12-30-13-10-23/h1-4,11,14-15,21H,5-10,12-13H2. The molecule has 0 bridgehead atoms. The number of hydrogen-bond acceptors (Lipinski definition) is 8. The average molecular weight is 465 g/mol. The molecular weight excluding hydrogens is 440 g/mol. The molecule has 1 aromatic carbocycles. The lowest BCUT2D eigenvalue weighted by atomic mass is 10.0. The van der Waals surface area contributed by atoms with E-state index in [1.807, 2.05) is 0 Å². The summed E-state index contributed by atoms with van der Waals surface area (Å²) in [5.41, 5.74) is 0.0270. The molecule has 2 aliphatic rings. The fraction of sp³-hybridized carbons (Fsp3) is 0.450. The quantitative estimate of drug-likeness (QED) is 0.506. The first-order valence-electron chi connectivity index (χ1n) is 10.3. The maximum absolute atomic E-state index is 13.2. The molecule has 12 heteroatoms. The van der Waals surface area contributed by atoms with Crippen molar-refractivity contribution in [3.05, 3.63) is 52.5 Å². The molecule has 0 spiro atoms. The predicted molar refractivity (Wildman–Crippen MR) is 114 cm³/mol. The van der Waals surface area contributed by atoms with Crippen LogP contribution in [0.3, 0.4) is 0 Å². The zero-order valence-corrected chi connectivity index (χ0v) is 18.1. The number of carbonyl (C=O) groups excluding carboxylic acids is 1. The van der Waals surface area contributed by atoms with Gasteiger partial charge in [0, 0.05) is 44.4 Å². The van der Waals surface area contributed by atoms with Crippen LogP contribution < -0.4 is 5.32 Å². The number of rotatable bonds is 6. The van der Waals surface area contributed by atoms with E-state index in [1.54, 1.807) is 17.0 Å². The van der Waals surface area contributed by atoms with Gasteiger partial charge in [0.1, 0.15) is 4.90 Å². The maximum Gasteiger partial charge on any atom is 0.289 e. The van der Waals surface area contributed by atoms with E-state index in [0.29, 0.717) is 31.6 Å². The van der Waals surface area contributed by atoms with Gasteiger partial charge in [-0.15, -0.1) is 0 Å². The van der Waals surface area contributed by atoms with Gasteiger partial charge < -0.3 is 19.4 Å². The second kappa shape index (κ2) is 9.27. The topological polar surface area (TPSA) is 135 Å². The molecule has 1 amide bonds. The van der Waals surface area contributed by atoms with Crippen LogP contribution in [-0.2, 0) is 14.8 Å². The molecule has 0 atom stereocenters. The number of benzene rings is 1. The van der Waals surface area contributed by atoms with Crippen molar-refractivity contribution in [2.24, 2.45) is 0 Å². The molecule has 2 saturated heterocycles. The molecule has 0 aliphatic carbocycles. The van der Waals surface area contributed by atoms with Gasteiger partial charge in [0.05, 0.1) is 30.1 Å². The first-order chi connectivity index (χ1) is 15.4. The minimum absolute atomic E-state index is 0.0873. The number of likely N-dealkylation sites (tertiary alicyclic amines) is 1. The van der Waals surface area contributed by atoms with Gasteiger partial charge in [-0.05, 0) is 31.0 Å². The van der Waals surface area contributed by atoms with Crippen molar-refractivity contribution in [3.63, 3.8) is 0 Å². The highest BCUT2D eigenvalue weighted by atomic mass is 32.2. The molecule has 0 unspecified atom stereocenters. The largest absolute Gasteiger partial charge is 0.459 e. The van der Waals surface area contributed by atoms with E-state index in [0.717, 1.165) is 6.07 Å². The van der Waals surface area contributed by atoms with Crippen molar-refractivity contribution in [1.29, 1.82) is 0 Å². The van der Waals surface area contributed by atoms with E-state index in [2.05, 4.69) is 5.32 Å². The van der Waals surface area contributed by atoms with Crippen LogP contribution in [0.5, 0.6) is 0 Å². The third-order valence-electron chi connectivity index (χ3n) is 5.64. The number of nitrogens with one attached hydrogen (secondary N) is 1. The molecule has 1 N–H and O–H groups in total. The number of piperidine rings is 1. The lowest BCUT2D eigenvalue weighted by molar-refractivity contribution is -0.385. The number of carbonyl (C=O) groups is 1. The molecule has 172 valence electrons. The molecule has 2 aliphatic heterocycles. The number of furan rings is 1. The van der Waals surface area contributed by atoms with Gasteiger partial charge in [-0.3, -0.25) is 14.9 Å². The van der Waals surface area contributed by atoms with Crippen LogP contribution in [0.1, 0.15) is 23.4 Å². The van der Waals surface area contributed by atoms with Gasteiger partial charge in [0.2, 0.25) is 10.0 Å². The first kappa shape index (κ1) is 22.2. The molecular formula is C20H24N4O7S. The summed E-state index contributed by atoms with van der Waals surface area (Å²) in [7, 11) is -3.94. The van der Waals surface area contributed by atoms with E-state index in [-0.39, 0.29) is 54.6 Å². The molecule has 32 heavy (non-hydrogen) atoms. The zero-order chi connectivity index (χ0) is 22.7. The highest BCUT2D eigenvalue weighted by Crippen LogP contribution is 2.31. The molecule has 4 rings (SSSR count). The third kappa shape index (κ3) is 4.61. The van der Waals surface area contributed by atoms with Crippen molar-refractivity contribution < 1.29 is 27.3 Å². The van der Waals surface area contributed by atoms with Crippen LogP contribution >= 0.6 is 0 Å². The van der Waals surface area contributed by atoms with E-state index >= 15 is 0 Å². The van der Waals surface area contributed by atoms with Gasteiger partial charge in [-0.1, -0.05) is 0 Å². The summed E-state index contributed by atoms with van der Waals surface area (Å²) in [6.07, 6.45) is 2.65. The Bertz CT molecular complexity index is 1070. The van der Waals surface area contributed by atoms with Crippen molar-refractivity contribution in [2.45, 2.75) is 23.8 Å². The van der Waals surface area contributed by atoms with Crippen molar-refractivity contribution in [2.75, 3.05) is 44.7 Å². The van der Waals surface area contributed by atoms with Crippen LogP contribution in [0.25, 0.3) is 0 Å². The summed E-state index contributed by atoms with van der Waals surface area (Å²) in [4.78, 5) is 24.7. The van der Waals surface area contributed by atoms with Gasteiger partial charge in [0.25, 0.3) is 11.6 Å². The Kier molecular flexibility index (Phi) is 6.44. The number of nitro benzene ring substituents is 1. The lowest BCUT2D eigenvalue weighted by Crippen LogP contribution is -2.43. The van der Waals surface area contributed by atoms with Crippen molar-refractivity contribution in [1.82, 2.24) is 9.21 Å². The number of nitro groups is 1. The Balaban J connectivity index is 1.51. The second-order valence-electron chi connectivity index (χ2n) is 7.64. The summed E-state index contributed by atoms with van der Waals surface area (Å²) >= 11 is 0. The van der Waals surface area contributed by atoms with Crippen LogP contribution in [-0.4, -0.2) is 73.9 Å². The molecule has 2 fully saturated rings. The fourth-order valence-corrected chi connectivity index (χ4v) is 5.47. The summed E-state index contributed by atoms with van der Waals surface area (Å²) < 4.78 is 38.2. The first-order valence-corrected chi connectivity index (χ1v) is 11.8. The number of hydrogen-bond donors (Lipinski definition) is 1. The monoisotopic (exact) mass is 464 g/mol. The SMILES string of the molecule is O=C(c1ccco1)N1CCC(Nc2ccc([N+](=O)[O-])cc2S(=O)(=O)N2CCOCC2)CC1. The van der Waals surface area contributed by atoms with Gasteiger partial charge in [-0.2, -0.15) is 4.31 Å². The Labute approximate surface area is 185 Å². The van der Waals surface area contributed by atoms with E-state index in [9.17, 15) is 23.3 Å². The summed E-state index contributed by atoms with van der Waals surface area (Å²) in [6, 6.07) is 7.01. The molecule has 0 saturated carbocycles. The number of morpholine rings is 1. The van der Waals surface area contributed by atoms with Gasteiger partial charge >= 0.3 is 0 Å². The molecule has 2 aromatic rings. The number of nitrogens with zero attached hydrogens (tertiary/aromatic N) is 3. The number of ether oxygens (including phenoxy) is 1. The number of anilines is 1. The summed E-state index contributed by atoms with van der Waals surface area (Å²) in [6.45, 7) is 1.90. The maximum atomic E-state index is 13.2. The normalized spacial score (nSPS) is 18.4. The van der Waals surface area contributed by atoms with E-state index in [1.165, 1.54) is 22.7 Å². The smallest absolute Gasteiger partial charge is 0.289 e. The van der Waals surface area contributed by atoms with Crippen LogP contribution in [0.2, 0.25) is 0 Å². The summed E-state index contributed by atoms with van der Waals surface area (Å²) in [5, 5.41) is 14.5. The zero-order valence-electron chi connectivity index (χ0n) is 17.3. The highest BCUT2D eigenvalue weighted by molar-refractivity contribution is 7.89. The number of sulfonamides is 1. The predicted octanol–water partition coefficient (Wildman–Crippen LogP) is 1.93. The van der Waals surface area contributed by atoms with E-state index < -0.39 is 14.9 Å². The number of non-ortho nitro benzene ring substituents is 1. The van der Waals surface area contributed by atoms with Crippen molar-refractivity contribution in [3.8, 4) is 0 Å². The lowest BCUT2D eigenvalue weighted by Gasteiger charge is -2.33. The minimum Gasteiger partial charge on any atom is -0.459 e. The highest BCUT2D eigenvalue weighted by Gasteiger charge is 2.32. The van der Waals surface area contributed by atoms with Crippen molar-refractivity contribution >= 4 is 27.3 Å². The Morgan fingerprint density at radius 2 is 1.84 bits per heavy atom. The average Bonchev–Trinajstić information content (AvgIpc) is 3.35.